The summed E-state index contributed by atoms with van der Waals surface area (Å²) in [6.45, 7) is 5.49. The van der Waals surface area contributed by atoms with Crippen LogP contribution in [-0.4, -0.2) is 31.1 Å². The molecule has 2 aromatic heterocycles. The molecule has 2 heterocycles. The molecule has 0 spiro atoms. The Balaban J connectivity index is 2.23. The van der Waals surface area contributed by atoms with Gasteiger partial charge in [-0.2, -0.15) is 0 Å². The van der Waals surface area contributed by atoms with Crippen molar-refractivity contribution < 1.29 is 9.53 Å². The number of hydrogen-bond donors (Lipinski definition) is 0. The topological polar surface area (TPSA) is 69.9 Å². The maximum absolute atomic E-state index is 11.7. The number of esters is 1. The van der Waals surface area contributed by atoms with Gasteiger partial charge in [0.05, 0.1) is 6.33 Å². The number of fused-ring (bicyclic) bond motifs is 1. The molecule has 0 N–H and O–H groups in total. The fourth-order valence-electron chi connectivity index (χ4n) is 1.48. The molecule has 18 heavy (non-hydrogen) atoms. The molecule has 7 heteroatoms. The summed E-state index contributed by atoms with van der Waals surface area (Å²) in [5.41, 5.74) is 0.476. The second-order valence-corrected chi connectivity index (χ2v) is 5.15. The van der Waals surface area contributed by atoms with E-state index in [1.165, 1.54) is 12.7 Å². The molecular formula is C11H13ClN4O2. The zero-order valence-corrected chi connectivity index (χ0v) is 11.1. The summed E-state index contributed by atoms with van der Waals surface area (Å²) in [5.74, 6) is -0.350. The maximum atomic E-state index is 11.7. The van der Waals surface area contributed by atoms with Crippen molar-refractivity contribution in [3.05, 3.63) is 17.8 Å². The summed E-state index contributed by atoms with van der Waals surface area (Å²) in [6, 6.07) is 0. The van der Waals surface area contributed by atoms with Gasteiger partial charge in [0.25, 0.3) is 0 Å². The highest BCUT2D eigenvalue weighted by Gasteiger charge is 2.18. The molecule has 0 amide bonds. The number of carbonyl (C=O) groups excluding carboxylic acids is 1. The first-order valence-electron chi connectivity index (χ1n) is 5.40. The third kappa shape index (κ3) is 2.76. The average molecular weight is 269 g/mol. The fourth-order valence-corrected chi connectivity index (χ4v) is 1.66. The van der Waals surface area contributed by atoms with Gasteiger partial charge in [-0.1, -0.05) is 11.6 Å². The van der Waals surface area contributed by atoms with E-state index in [-0.39, 0.29) is 17.7 Å². The van der Waals surface area contributed by atoms with Crippen LogP contribution in [0.15, 0.2) is 12.7 Å². The van der Waals surface area contributed by atoms with Gasteiger partial charge in [0.15, 0.2) is 10.8 Å². The van der Waals surface area contributed by atoms with Gasteiger partial charge in [-0.05, 0) is 20.8 Å². The third-order valence-corrected chi connectivity index (χ3v) is 2.35. The lowest BCUT2D eigenvalue weighted by Gasteiger charge is -2.19. The molecule has 0 aliphatic heterocycles. The molecule has 0 saturated carbocycles. The molecule has 0 fully saturated rings. The van der Waals surface area contributed by atoms with Gasteiger partial charge in [0, 0.05) is 0 Å². The lowest BCUT2D eigenvalue weighted by molar-refractivity contribution is -0.155. The summed E-state index contributed by atoms with van der Waals surface area (Å²) in [5, 5.41) is 0.267. The Morgan fingerprint density at radius 1 is 1.39 bits per heavy atom. The summed E-state index contributed by atoms with van der Waals surface area (Å²) < 4.78 is 6.81. The summed E-state index contributed by atoms with van der Waals surface area (Å²) in [7, 11) is 0. The Morgan fingerprint density at radius 2 is 2.11 bits per heavy atom. The van der Waals surface area contributed by atoms with Crippen LogP contribution in [0.3, 0.4) is 0 Å². The number of ether oxygens (including phenoxy) is 1. The van der Waals surface area contributed by atoms with Gasteiger partial charge >= 0.3 is 5.97 Å². The average Bonchev–Trinajstić information content (AvgIpc) is 2.60. The molecule has 0 aliphatic carbocycles. The van der Waals surface area contributed by atoms with Gasteiger partial charge in [0.1, 0.15) is 24.0 Å². The molecule has 0 unspecified atom stereocenters. The van der Waals surface area contributed by atoms with Crippen LogP contribution >= 0.6 is 11.6 Å². The minimum atomic E-state index is -0.514. The summed E-state index contributed by atoms with van der Waals surface area (Å²) >= 11 is 5.87. The number of aromatic nitrogens is 4. The quantitative estimate of drug-likeness (QED) is 0.614. The molecule has 0 aliphatic rings. The standard InChI is InChI=1S/C11H13ClN4O2/c1-11(2,3)18-7(17)4-16-6-15-8-9(12)13-5-14-10(8)16/h5-6H,4H2,1-3H3. The minimum absolute atomic E-state index is 0.0428. The van der Waals surface area contributed by atoms with Crippen LogP contribution in [0.25, 0.3) is 11.2 Å². The van der Waals surface area contributed by atoms with Crippen LogP contribution in [0.5, 0.6) is 0 Å². The first-order valence-corrected chi connectivity index (χ1v) is 5.78. The van der Waals surface area contributed by atoms with E-state index in [1.807, 2.05) is 20.8 Å². The Hall–Kier alpha value is -1.69. The van der Waals surface area contributed by atoms with E-state index < -0.39 is 5.60 Å². The highest BCUT2D eigenvalue weighted by Crippen LogP contribution is 2.17. The number of rotatable bonds is 2. The lowest BCUT2D eigenvalue weighted by atomic mass is 10.2. The predicted octanol–water partition coefficient (Wildman–Crippen LogP) is 1.82. The van der Waals surface area contributed by atoms with Crippen molar-refractivity contribution in [3.8, 4) is 0 Å². The Morgan fingerprint density at radius 3 is 2.78 bits per heavy atom. The van der Waals surface area contributed by atoms with Crippen LogP contribution in [0.1, 0.15) is 20.8 Å². The van der Waals surface area contributed by atoms with Crippen LogP contribution in [0, 0.1) is 0 Å². The van der Waals surface area contributed by atoms with Gasteiger partial charge < -0.3 is 9.30 Å². The largest absolute Gasteiger partial charge is 0.459 e. The van der Waals surface area contributed by atoms with E-state index in [0.717, 1.165) is 0 Å². The van der Waals surface area contributed by atoms with Crippen molar-refractivity contribution >= 4 is 28.7 Å². The molecule has 0 atom stereocenters. The smallest absolute Gasteiger partial charge is 0.326 e. The van der Waals surface area contributed by atoms with Crippen molar-refractivity contribution in [1.82, 2.24) is 19.5 Å². The monoisotopic (exact) mass is 268 g/mol. The number of hydrogen-bond acceptors (Lipinski definition) is 5. The molecule has 0 bridgehead atoms. The Kier molecular flexibility index (Phi) is 3.21. The molecule has 0 radical (unpaired) electrons. The first-order chi connectivity index (χ1) is 8.37. The number of nitrogens with zero attached hydrogens (tertiary/aromatic N) is 4. The van der Waals surface area contributed by atoms with Crippen molar-refractivity contribution in [2.24, 2.45) is 0 Å². The van der Waals surface area contributed by atoms with Crippen LogP contribution in [-0.2, 0) is 16.1 Å². The molecule has 0 aromatic carbocycles. The van der Waals surface area contributed by atoms with E-state index in [2.05, 4.69) is 15.0 Å². The van der Waals surface area contributed by atoms with Gasteiger partial charge in [-0.3, -0.25) is 4.79 Å². The third-order valence-electron chi connectivity index (χ3n) is 2.08. The predicted molar refractivity (Wildman–Crippen MR) is 66.2 cm³/mol. The normalized spacial score (nSPS) is 11.8. The summed E-state index contributed by atoms with van der Waals surface area (Å²) in [4.78, 5) is 23.6. The van der Waals surface area contributed by atoms with Crippen molar-refractivity contribution in [2.45, 2.75) is 32.9 Å². The fraction of sp³-hybridized carbons (Fsp3) is 0.455. The van der Waals surface area contributed by atoms with Crippen molar-refractivity contribution in [2.75, 3.05) is 0 Å². The Bertz CT molecular complexity index is 588. The maximum Gasteiger partial charge on any atom is 0.326 e. The van der Waals surface area contributed by atoms with Gasteiger partial charge in [-0.25, -0.2) is 15.0 Å². The zero-order valence-electron chi connectivity index (χ0n) is 10.3. The first kappa shape index (κ1) is 12.8. The minimum Gasteiger partial charge on any atom is -0.459 e. The highest BCUT2D eigenvalue weighted by molar-refractivity contribution is 6.33. The van der Waals surface area contributed by atoms with Crippen molar-refractivity contribution in [3.63, 3.8) is 0 Å². The van der Waals surface area contributed by atoms with Gasteiger partial charge in [-0.15, -0.1) is 0 Å². The van der Waals surface area contributed by atoms with E-state index in [9.17, 15) is 4.79 Å². The molecule has 96 valence electrons. The van der Waals surface area contributed by atoms with Crippen LogP contribution < -0.4 is 0 Å². The highest BCUT2D eigenvalue weighted by atomic mass is 35.5. The lowest BCUT2D eigenvalue weighted by Crippen LogP contribution is -2.26. The van der Waals surface area contributed by atoms with Crippen molar-refractivity contribution in [1.29, 1.82) is 0 Å². The molecule has 6 nitrogen and oxygen atoms in total. The Labute approximate surface area is 109 Å². The number of halogens is 1. The molecular weight excluding hydrogens is 256 g/mol. The number of carbonyl (C=O) groups is 1. The van der Waals surface area contributed by atoms with Crippen LogP contribution in [0.2, 0.25) is 5.15 Å². The van der Waals surface area contributed by atoms with E-state index >= 15 is 0 Å². The number of imidazole rings is 1. The molecule has 0 saturated heterocycles. The molecule has 2 rings (SSSR count). The van der Waals surface area contributed by atoms with E-state index in [0.29, 0.717) is 11.2 Å². The second kappa shape index (κ2) is 4.53. The zero-order chi connectivity index (χ0) is 13.3. The SMILES string of the molecule is CC(C)(C)OC(=O)Cn1cnc2c(Cl)ncnc21. The summed E-state index contributed by atoms with van der Waals surface area (Å²) in [6.07, 6.45) is 2.83. The van der Waals surface area contributed by atoms with Crippen LogP contribution in [0.4, 0.5) is 0 Å². The molecule has 2 aromatic rings. The van der Waals surface area contributed by atoms with E-state index in [1.54, 1.807) is 4.57 Å². The van der Waals surface area contributed by atoms with E-state index in [4.69, 9.17) is 16.3 Å². The second-order valence-electron chi connectivity index (χ2n) is 4.80. The van der Waals surface area contributed by atoms with Gasteiger partial charge in [0.2, 0.25) is 0 Å².